The zero-order valence-corrected chi connectivity index (χ0v) is 20.2. The Morgan fingerprint density at radius 2 is 1.71 bits per heavy atom. The van der Waals surface area contributed by atoms with Crippen molar-refractivity contribution in [1.82, 2.24) is 10.1 Å². The van der Waals surface area contributed by atoms with Gasteiger partial charge in [0.1, 0.15) is 18.3 Å². The minimum atomic E-state index is -0.506. The van der Waals surface area contributed by atoms with Crippen LogP contribution in [-0.4, -0.2) is 59.8 Å². The second-order valence-corrected chi connectivity index (χ2v) is 10.3. The van der Waals surface area contributed by atoms with Crippen LogP contribution in [0.15, 0.2) is 59.1 Å². The number of carbonyl (C=O) groups excluding carboxylic acids is 1. The molecule has 2 aromatic carbocycles. The van der Waals surface area contributed by atoms with Crippen molar-refractivity contribution in [2.45, 2.75) is 57.2 Å². The van der Waals surface area contributed by atoms with Crippen molar-refractivity contribution in [1.29, 1.82) is 0 Å². The number of ether oxygens (including phenoxy) is 1. The number of quaternary nitrogens is 1. The molecule has 1 aromatic heterocycles. The van der Waals surface area contributed by atoms with Crippen molar-refractivity contribution in [3.8, 4) is 0 Å². The fraction of sp³-hybridized carbons (Fsp3) is 0.500. The second-order valence-electron chi connectivity index (χ2n) is 10.3. The Kier molecular flexibility index (Phi) is 6.97. The molecule has 2 saturated heterocycles. The number of carbonyl (C=O) groups is 1. The Bertz CT molecular complexity index is 1080. The van der Waals surface area contributed by atoms with Crippen LogP contribution in [0.3, 0.4) is 0 Å². The lowest BCUT2D eigenvalue weighted by Gasteiger charge is -2.40. The van der Waals surface area contributed by atoms with Crippen LogP contribution < -0.4 is 0 Å². The lowest BCUT2D eigenvalue weighted by atomic mass is 10.0. The van der Waals surface area contributed by atoms with Gasteiger partial charge < -0.3 is 13.7 Å². The molecular formula is C28H36N3O3+. The molecule has 34 heavy (non-hydrogen) atoms. The number of nitrogens with zero attached hydrogens (tertiary/aromatic N) is 3. The number of likely N-dealkylation sites (tertiary alicyclic amines) is 2. The number of para-hydroxylation sites is 1. The Hall–Kier alpha value is -2.70. The molecule has 0 N–H and O–H groups in total. The summed E-state index contributed by atoms with van der Waals surface area (Å²) < 4.78 is 12.8. The predicted octanol–water partition coefficient (Wildman–Crippen LogP) is 5.10. The summed E-state index contributed by atoms with van der Waals surface area (Å²) in [4.78, 5) is 15.9. The fourth-order valence-electron chi connectivity index (χ4n) is 5.59. The minimum Gasteiger partial charge on any atom is -0.460 e. The maximum absolute atomic E-state index is 13.7. The fourth-order valence-corrected chi connectivity index (χ4v) is 5.59. The maximum atomic E-state index is 13.7. The van der Waals surface area contributed by atoms with Crippen LogP contribution in [0.5, 0.6) is 0 Å². The number of aromatic nitrogens is 1. The van der Waals surface area contributed by atoms with E-state index in [1.807, 2.05) is 24.3 Å². The first-order chi connectivity index (χ1) is 16.6. The number of fused-ring (bicyclic) bond motifs is 1. The van der Waals surface area contributed by atoms with Gasteiger partial charge in [-0.25, -0.2) is 4.79 Å². The molecule has 0 amide bonds. The van der Waals surface area contributed by atoms with Crippen LogP contribution >= 0.6 is 0 Å². The van der Waals surface area contributed by atoms with E-state index in [0.29, 0.717) is 5.69 Å². The first-order valence-electron chi connectivity index (χ1n) is 12.8. The van der Waals surface area contributed by atoms with Gasteiger partial charge in [0.15, 0.2) is 11.6 Å². The normalized spacial score (nSPS) is 25.0. The Morgan fingerprint density at radius 1 is 1.03 bits per heavy atom. The number of hydrogen-bond acceptors (Lipinski definition) is 5. The third kappa shape index (κ3) is 5.18. The quantitative estimate of drug-likeness (QED) is 0.377. The number of piperidine rings is 1. The molecule has 2 aliphatic rings. The van der Waals surface area contributed by atoms with Crippen molar-refractivity contribution in [2.75, 3.05) is 33.2 Å². The molecule has 0 aliphatic carbocycles. The van der Waals surface area contributed by atoms with Gasteiger partial charge in [-0.2, -0.15) is 0 Å². The van der Waals surface area contributed by atoms with Gasteiger partial charge in [0.25, 0.3) is 0 Å². The van der Waals surface area contributed by atoms with Gasteiger partial charge in [0.2, 0.25) is 0 Å². The Balaban J connectivity index is 1.29. The van der Waals surface area contributed by atoms with Gasteiger partial charge in [0.05, 0.1) is 20.1 Å². The van der Waals surface area contributed by atoms with Gasteiger partial charge in [-0.05, 0) is 38.1 Å². The molecule has 0 saturated carbocycles. The summed E-state index contributed by atoms with van der Waals surface area (Å²) in [5.74, 6) is -0.176. The van der Waals surface area contributed by atoms with Gasteiger partial charge in [-0.1, -0.05) is 60.5 Å². The van der Waals surface area contributed by atoms with E-state index >= 15 is 0 Å². The van der Waals surface area contributed by atoms with E-state index in [-0.39, 0.29) is 12.1 Å². The lowest BCUT2D eigenvalue weighted by molar-refractivity contribution is -0.927. The summed E-state index contributed by atoms with van der Waals surface area (Å²) >= 11 is 0. The molecule has 6 nitrogen and oxygen atoms in total. The van der Waals surface area contributed by atoms with Crippen molar-refractivity contribution >= 4 is 16.9 Å². The highest BCUT2D eigenvalue weighted by molar-refractivity contribution is 5.87. The van der Waals surface area contributed by atoms with Crippen LogP contribution in [0.4, 0.5) is 0 Å². The molecule has 3 heterocycles. The highest BCUT2D eigenvalue weighted by Gasteiger charge is 2.37. The van der Waals surface area contributed by atoms with Crippen molar-refractivity contribution < 1.29 is 18.5 Å². The molecule has 1 unspecified atom stereocenters. The van der Waals surface area contributed by atoms with Gasteiger partial charge >= 0.3 is 5.97 Å². The molecule has 6 heteroatoms. The topological polar surface area (TPSA) is 55.6 Å². The van der Waals surface area contributed by atoms with Crippen LogP contribution in [0, 0.1) is 0 Å². The van der Waals surface area contributed by atoms with Crippen LogP contribution in [0.1, 0.15) is 55.8 Å². The van der Waals surface area contributed by atoms with Crippen molar-refractivity contribution in [3.63, 3.8) is 0 Å². The van der Waals surface area contributed by atoms with E-state index in [9.17, 15) is 4.79 Å². The monoisotopic (exact) mass is 462 g/mol. The van der Waals surface area contributed by atoms with Gasteiger partial charge in [0, 0.05) is 23.8 Å². The molecular weight excluding hydrogens is 426 g/mol. The summed E-state index contributed by atoms with van der Waals surface area (Å²) in [7, 11) is 2.31. The van der Waals surface area contributed by atoms with Crippen LogP contribution in [0.25, 0.3) is 11.0 Å². The molecule has 0 bridgehead atoms. The SMILES string of the molecule is C[N+]1(Cc2ccccc2)CCC(OC(=O)C(c2noc3ccccc23)N2CCCCCC2)CC1. The summed E-state index contributed by atoms with van der Waals surface area (Å²) in [6, 6.07) is 18.0. The lowest BCUT2D eigenvalue weighted by Crippen LogP contribution is -2.51. The average molecular weight is 463 g/mol. The summed E-state index contributed by atoms with van der Waals surface area (Å²) in [5.41, 5.74) is 2.78. The summed E-state index contributed by atoms with van der Waals surface area (Å²) in [6.07, 6.45) is 6.35. The van der Waals surface area contributed by atoms with Gasteiger partial charge in [-0.15, -0.1) is 0 Å². The molecule has 0 radical (unpaired) electrons. The summed E-state index contributed by atoms with van der Waals surface area (Å²) in [5, 5.41) is 5.27. The smallest absolute Gasteiger partial charge is 0.330 e. The highest BCUT2D eigenvalue weighted by atomic mass is 16.5. The molecule has 1 atom stereocenters. The Labute approximate surface area is 202 Å². The van der Waals surface area contributed by atoms with Crippen LogP contribution in [0.2, 0.25) is 0 Å². The number of benzene rings is 2. The van der Waals surface area contributed by atoms with E-state index in [4.69, 9.17) is 9.26 Å². The predicted molar refractivity (Wildman–Crippen MR) is 132 cm³/mol. The van der Waals surface area contributed by atoms with Crippen molar-refractivity contribution in [2.24, 2.45) is 0 Å². The largest absolute Gasteiger partial charge is 0.460 e. The second kappa shape index (κ2) is 10.3. The molecule has 3 aromatic rings. The summed E-state index contributed by atoms with van der Waals surface area (Å²) in [6.45, 7) is 4.81. The molecule has 5 rings (SSSR count). The van der Waals surface area contributed by atoms with E-state index in [1.54, 1.807) is 0 Å². The number of hydrogen-bond donors (Lipinski definition) is 0. The van der Waals surface area contributed by atoms with E-state index in [0.717, 1.165) is 73.9 Å². The van der Waals surface area contributed by atoms with Crippen LogP contribution in [-0.2, 0) is 16.1 Å². The molecule has 180 valence electrons. The molecule has 0 spiro atoms. The minimum absolute atomic E-state index is 0.0397. The van der Waals surface area contributed by atoms with E-state index < -0.39 is 6.04 Å². The highest BCUT2D eigenvalue weighted by Crippen LogP contribution is 2.32. The molecule has 2 fully saturated rings. The molecule has 2 aliphatic heterocycles. The average Bonchev–Trinajstić information content (AvgIpc) is 3.08. The first kappa shape index (κ1) is 23.1. The third-order valence-corrected chi connectivity index (χ3v) is 7.57. The van der Waals surface area contributed by atoms with E-state index in [2.05, 4.69) is 47.4 Å². The van der Waals surface area contributed by atoms with E-state index in [1.165, 1.54) is 18.4 Å². The zero-order chi connectivity index (χ0) is 23.4. The van der Waals surface area contributed by atoms with Crippen molar-refractivity contribution in [3.05, 3.63) is 65.9 Å². The zero-order valence-electron chi connectivity index (χ0n) is 20.2. The third-order valence-electron chi connectivity index (χ3n) is 7.57. The van der Waals surface area contributed by atoms with Gasteiger partial charge in [-0.3, -0.25) is 4.90 Å². The number of rotatable bonds is 6. The maximum Gasteiger partial charge on any atom is 0.330 e. The standard InChI is InChI=1S/C28H36N3O3/c1-31(21-22-11-5-4-6-12-22)19-15-23(16-20-31)33-28(32)27(30-17-9-2-3-10-18-30)26-24-13-7-8-14-25(24)34-29-26/h4-8,11-14,23,27H,2-3,9-10,15-21H2,1H3/q+1. The number of esters is 1. The first-order valence-corrected chi connectivity index (χ1v) is 12.8. The Morgan fingerprint density at radius 3 is 2.44 bits per heavy atom.